The van der Waals surface area contributed by atoms with Crippen LogP contribution in [0.25, 0.3) is 0 Å². The van der Waals surface area contributed by atoms with Crippen LogP contribution in [-0.4, -0.2) is 28.7 Å². The van der Waals surface area contributed by atoms with E-state index in [0.717, 1.165) is 0 Å². The first-order valence-corrected chi connectivity index (χ1v) is 5.61. The third kappa shape index (κ3) is 2.23. The van der Waals surface area contributed by atoms with E-state index in [-0.39, 0.29) is 17.1 Å². The first-order valence-electron chi connectivity index (χ1n) is 5.23. The Hall–Kier alpha value is -1.84. The maximum atomic E-state index is 10.6. The number of β-amino-alcohol motifs (C(OH)–C–C–N with tert-alkyl or cyclic N) is 1. The summed E-state index contributed by atoms with van der Waals surface area (Å²) in [6.07, 6.45) is 0.0636. The monoisotopic (exact) mass is 267 g/mol. The van der Waals surface area contributed by atoms with Crippen LogP contribution in [0.15, 0.2) is 18.2 Å². The molecule has 1 fully saturated rings. The van der Waals surface area contributed by atoms with E-state index in [1.54, 1.807) is 11.0 Å². The maximum absolute atomic E-state index is 10.6. The second-order valence-corrected chi connectivity index (χ2v) is 4.72. The Morgan fingerprint density at radius 1 is 1.61 bits per heavy atom. The van der Waals surface area contributed by atoms with Crippen LogP contribution in [-0.2, 0) is 0 Å². The van der Waals surface area contributed by atoms with E-state index < -0.39 is 10.5 Å². The van der Waals surface area contributed by atoms with Gasteiger partial charge in [-0.2, -0.15) is 5.26 Å². The van der Waals surface area contributed by atoms with Gasteiger partial charge in [-0.05, 0) is 6.07 Å². The fourth-order valence-corrected chi connectivity index (χ4v) is 2.25. The molecule has 1 aliphatic heterocycles. The fraction of sp³-hybridized carbons (Fsp3) is 0.364. The third-order valence-corrected chi connectivity index (χ3v) is 3.16. The molecule has 0 unspecified atom stereocenters. The smallest absolute Gasteiger partial charge is 0.271 e. The number of hydrogen-bond acceptors (Lipinski definition) is 5. The molecule has 1 aromatic rings. The number of benzene rings is 1. The van der Waals surface area contributed by atoms with Crippen LogP contribution in [0.1, 0.15) is 6.42 Å². The van der Waals surface area contributed by atoms with Crippen LogP contribution in [0.2, 0.25) is 5.02 Å². The molecule has 6 nitrogen and oxygen atoms in total. The number of aliphatic hydroxyl groups is 1. The average Bonchev–Trinajstić information content (AvgIpc) is 2.26. The minimum atomic E-state index is -1.00. The van der Waals surface area contributed by atoms with Gasteiger partial charge in [0.15, 0.2) is 0 Å². The topological polar surface area (TPSA) is 90.4 Å². The second kappa shape index (κ2) is 4.44. The van der Waals surface area contributed by atoms with E-state index in [9.17, 15) is 15.2 Å². The molecular weight excluding hydrogens is 258 g/mol. The summed E-state index contributed by atoms with van der Waals surface area (Å²) in [4.78, 5) is 11.8. The highest BCUT2D eigenvalue weighted by molar-refractivity contribution is 6.33. The molecule has 0 atom stereocenters. The van der Waals surface area contributed by atoms with Crippen molar-refractivity contribution in [3.05, 3.63) is 33.3 Å². The summed E-state index contributed by atoms with van der Waals surface area (Å²) in [5.41, 5.74) is -0.443. The van der Waals surface area contributed by atoms with Gasteiger partial charge >= 0.3 is 0 Å². The number of nitro groups is 1. The first-order chi connectivity index (χ1) is 8.45. The zero-order valence-electron chi connectivity index (χ0n) is 9.34. The second-order valence-electron chi connectivity index (χ2n) is 4.31. The van der Waals surface area contributed by atoms with Gasteiger partial charge in [0.2, 0.25) is 0 Å². The van der Waals surface area contributed by atoms with Gasteiger partial charge in [-0.3, -0.25) is 10.1 Å². The lowest BCUT2D eigenvalue weighted by atomic mass is 9.90. The molecule has 18 heavy (non-hydrogen) atoms. The van der Waals surface area contributed by atoms with E-state index >= 15 is 0 Å². The van der Waals surface area contributed by atoms with Gasteiger partial charge in [0.05, 0.1) is 28.1 Å². The van der Waals surface area contributed by atoms with E-state index in [2.05, 4.69) is 0 Å². The Balaban J connectivity index is 2.13. The Morgan fingerprint density at radius 3 is 2.78 bits per heavy atom. The Morgan fingerprint density at radius 2 is 2.28 bits per heavy atom. The highest BCUT2D eigenvalue weighted by atomic mass is 35.5. The van der Waals surface area contributed by atoms with Gasteiger partial charge in [0, 0.05) is 25.2 Å². The number of anilines is 1. The lowest BCUT2D eigenvalue weighted by Crippen LogP contribution is -2.61. The molecule has 0 saturated carbocycles. The summed E-state index contributed by atoms with van der Waals surface area (Å²) in [5.74, 6) is 0. The van der Waals surface area contributed by atoms with E-state index in [1.807, 2.05) is 6.07 Å². The van der Waals surface area contributed by atoms with Crippen LogP contribution in [0.3, 0.4) is 0 Å². The number of nitriles is 1. The molecule has 7 heteroatoms. The standard InChI is InChI=1S/C11H10ClN3O3/c12-9-5-8(15(17)18)1-2-10(9)14-6-11(16,7-14)3-4-13/h1-2,5,16H,3,6-7H2. The summed E-state index contributed by atoms with van der Waals surface area (Å²) in [6.45, 7) is 0.607. The van der Waals surface area contributed by atoms with Crippen molar-refractivity contribution >= 4 is 23.0 Å². The van der Waals surface area contributed by atoms with Crippen molar-refractivity contribution in [3.8, 4) is 6.07 Å². The molecular formula is C11H10ClN3O3. The Bertz CT molecular complexity index is 535. The number of halogens is 1. The van der Waals surface area contributed by atoms with Gasteiger partial charge < -0.3 is 10.0 Å². The number of rotatable bonds is 3. The number of hydrogen-bond donors (Lipinski definition) is 1. The minimum Gasteiger partial charge on any atom is -0.385 e. The van der Waals surface area contributed by atoms with Crippen molar-refractivity contribution in [2.75, 3.05) is 18.0 Å². The van der Waals surface area contributed by atoms with Crippen LogP contribution in [0, 0.1) is 21.4 Å². The molecule has 1 N–H and O–H groups in total. The molecule has 0 bridgehead atoms. The van der Waals surface area contributed by atoms with Crippen LogP contribution < -0.4 is 4.90 Å². The SMILES string of the molecule is N#CCC1(O)CN(c2ccc([N+](=O)[O-])cc2Cl)C1. The molecule has 0 radical (unpaired) electrons. The van der Waals surface area contributed by atoms with Crippen LogP contribution >= 0.6 is 11.6 Å². The van der Waals surface area contributed by atoms with Crippen molar-refractivity contribution in [2.45, 2.75) is 12.0 Å². The summed E-state index contributed by atoms with van der Waals surface area (Å²) in [7, 11) is 0. The van der Waals surface area contributed by atoms with E-state index in [1.165, 1.54) is 12.1 Å². The molecule has 94 valence electrons. The lowest BCUT2D eigenvalue weighted by molar-refractivity contribution is -0.384. The summed E-state index contributed by atoms with van der Waals surface area (Å²) < 4.78 is 0. The molecule has 0 aliphatic carbocycles. The van der Waals surface area contributed by atoms with E-state index in [4.69, 9.17) is 16.9 Å². The maximum Gasteiger partial charge on any atom is 0.271 e. The first kappa shape index (κ1) is 12.6. The highest BCUT2D eigenvalue weighted by Gasteiger charge is 2.41. The van der Waals surface area contributed by atoms with Crippen molar-refractivity contribution in [1.29, 1.82) is 5.26 Å². The number of non-ortho nitro benzene ring substituents is 1. The highest BCUT2D eigenvalue weighted by Crippen LogP contribution is 2.36. The summed E-state index contributed by atoms with van der Waals surface area (Å²) in [6, 6.07) is 6.11. The van der Waals surface area contributed by atoms with Crippen molar-refractivity contribution < 1.29 is 10.0 Å². The van der Waals surface area contributed by atoms with Gasteiger partial charge in [-0.1, -0.05) is 11.6 Å². The average molecular weight is 268 g/mol. The zero-order valence-corrected chi connectivity index (χ0v) is 10.1. The third-order valence-electron chi connectivity index (χ3n) is 2.86. The lowest BCUT2D eigenvalue weighted by Gasteiger charge is -2.47. The molecule has 0 aromatic heterocycles. The quantitative estimate of drug-likeness (QED) is 0.665. The fourth-order valence-electron chi connectivity index (χ4n) is 1.96. The molecule has 1 aliphatic rings. The largest absolute Gasteiger partial charge is 0.385 e. The van der Waals surface area contributed by atoms with Gasteiger partial charge in [0.1, 0.15) is 5.60 Å². The van der Waals surface area contributed by atoms with Crippen LogP contribution in [0.4, 0.5) is 11.4 Å². The molecule has 1 aromatic carbocycles. The molecule has 1 heterocycles. The summed E-state index contributed by atoms with van der Waals surface area (Å²) in [5, 5.41) is 29.2. The molecule has 2 rings (SSSR count). The Labute approximate surface area is 108 Å². The minimum absolute atomic E-state index is 0.0636. The molecule has 0 amide bonds. The van der Waals surface area contributed by atoms with Gasteiger partial charge in [0.25, 0.3) is 5.69 Å². The van der Waals surface area contributed by atoms with Crippen LogP contribution in [0.5, 0.6) is 0 Å². The predicted molar refractivity (Wildman–Crippen MR) is 65.5 cm³/mol. The zero-order chi connectivity index (χ0) is 13.3. The van der Waals surface area contributed by atoms with E-state index in [0.29, 0.717) is 18.8 Å². The van der Waals surface area contributed by atoms with Crippen molar-refractivity contribution in [1.82, 2.24) is 0 Å². The van der Waals surface area contributed by atoms with Gasteiger partial charge in [-0.15, -0.1) is 0 Å². The number of nitro benzene ring substituents is 1. The van der Waals surface area contributed by atoms with Crippen molar-refractivity contribution in [3.63, 3.8) is 0 Å². The molecule has 1 saturated heterocycles. The molecule has 0 spiro atoms. The van der Waals surface area contributed by atoms with Crippen molar-refractivity contribution in [2.24, 2.45) is 0 Å². The Kier molecular flexibility index (Phi) is 3.11. The van der Waals surface area contributed by atoms with Gasteiger partial charge in [-0.25, -0.2) is 0 Å². The predicted octanol–water partition coefficient (Wildman–Crippen LogP) is 1.71. The number of nitrogens with zero attached hydrogens (tertiary/aromatic N) is 3. The normalized spacial score (nSPS) is 16.8. The summed E-state index contributed by atoms with van der Waals surface area (Å²) >= 11 is 5.96.